The molecular weight excluding hydrogens is 400 g/mol. The van der Waals surface area contributed by atoms with Gasteiger partial charge in [-0.25, -0.2) is 4.99 Å². The molecule has 1 aliphatic rings. The molecule has 3 rings (SSSR count). The van der Waals surface area contributed by atoms with Gasteiger partial charge in [-0.1, -0.05) is 12.1 Å². The van der Waals surface area contributed by atoms with Crippen molar-refractivity contribution in [3.05, 3.63) is 53.6 Å². The molecule has 1 atom stereocenters. The lowest BCUT2D eigenvalue weighted by molar-refractivity contribution is -0.120. The number of nitrogens with one attached hydrogen (secondary N) is 2. The number of amides is 2. The molecule has 158 valence electrons. The van der Waals surface area contributed by atoms with Gasteiger partial charge in [-0.15, -0.1) is 0 Å². The van der Waals surface area contributed by atoms with E-state index in [0.29, 0.717) is 17.1 Å². The van der Waals surface area contributed by atoms with Gasteiger partial charge in [0.1, 0.15) is 5.75 Å². The average Bonchev–Trinajstić information content (AvgIpc) is 2.72. The van der Waals surface area contributed by atoms with Gasteiger partial charge in [0.25, 0.3) is 5.91 Å². The highest BCUT2D eigenvalue weighted by Crippen LogP contribution is 2.38. The Balaban J connectivity index is 1.80. The molecule has 1 aliphatic heterocycles. The highest BCUT2D eigenvalue weighted by Gasteiger charge is 2.27. The first-order valence-electron chi connectivity index (χ1n) is 8.86. The van der Waals surface area contributed by atoms with E-state index in [1.54, 1.807) is 18.2 Å². The number of guanidine groups is 1. The van der Waals surface area contributed by atoms with Crippen molar-refractivity contribution < 1.29 is 32.6 Å². The van der Waals surface area contributed by atoms with Crippen molar-refractivity contribution >= 4 is 17.8 Å². The van der Waals surface area contributed by atoms with E-state index in [0.717, 1.165) is 0 Å². The van der Waals surface area contributed by atoms with Crippen LogP contribution in [-0.4, -0.2) is 38.6 Å². The second-order valence-electron chi connectivity index (χ2n) is 6.19. The minimum Gasteiger partial charge on any atom is -0.493 e. The zero-order valence-corrected chi connectivity index (χ0v) is 16.1. The monoisotopic (exact) mass is 419 g/mol. The highest BCUT2D eigenvalue weighted by molar-refractivity contribution is 6.10. The van der Waals surface area contributed by atoms with Crippen LogP contribution in [0.2, 0.25) is 0 Å². The van der Waals surface area contributed by atoms with E-state index in [1.165, 1.54) is 38.5 Å². The summed E-state index contributed by atoms with van der Waals surface area (Å²) in [4.78, 5) is 29.0. The van der Waals surface area contributed by atoms with Gasteiger partial charge in [0.05, 0.1) is 26.7 Å². The fourth-order valence-corrected chi connectivity index (χ4v) is 2.98. The number of ether oxygens (including phenoxy) is 3. The van der Waals surface area contributed by atoms with Crippen LogP contribution in [0.1, 0.15) is 28.4 Å². The van der Waals surface area contributed by atoms with Crippen LogP contribution in [0.15, 0.2) is 47.5 Å². The van der Waals surface area contributed by atoms with Crippen LogP contribution in [0.3, 0.4) is 0 Å². The third-order valence-electron chi connectivity index (χ3n) is 4.29. The van der Waals surface area contributed by atoms with E-state index in [4.69, 9.17) is 9.47 Å². The van der Waals surface area contributed by atoms with Crippen LogP contribution in [0.4, 0.5) is 8.78 Å². The third kappa shape index (κ3) is 4.83. The van der Waals surface area contributed by atoms with Crippen molar-refractivity contribution in [2.24, 2.45) is 4.99 Å². The standard InChI is InChI=1S/C20H19F2N3O5/c1-28-15-5-3-4-13(17(15)29-2)14-10-16(26)24-20(23-14)25-18(27)11-6-8-12(9-7-11)30-19(21)22/h3-9,14,19H,10H2,1-2H3,(H2,23,24,25,26,27). The number of aliphatic imine (C=N–C) groups is 1. The molecule has 0 radical (unpaired) electrons. The van der Waals surface area contributed by atoms with Crippen LogP contribution >= 0.6 is 0 Å². The molecule has 0 fully saturated rings. The zero-order valence-electron chi connectivity index (χ0n) is 16.1. The van der Waals surface area contributed by atoms with Crippen molar-refractivity contribution in [3.8, 4) is 17.2 Å². The van der Waals surface area contributed by atoms with Crippen molar-refractivity contribution in [2.45, 2.75) is 19.1 Å². The molecule has 2 aromatic rings. The Morgan fingerprint density at radius 2 is 1.90 bits per heavy atom. The topological polar surface area (TPSA) is 98.3 Å². The minimum atomic E-state index is -2.96. The Morgan fingerprint density at radius 3 is 2.53 bits per heavy atom. The second kappa shape index (κ2) is 9.21. The van der Waals surface area contributed by atoms with Crippen molar-refractivity contribution in [1.29, 1.82) is 0 Å². The van der Waals surface area contributed by atoms with Crippen molar-refractivity contribution in [1.82, 2.24) is 10.6 Å². The predicted molar refractivity (Wildman–Crippen MR) is 103 cm³/mol. The Labute approximate surface area is 170 Å². The number of hydrogen-bond acceptors (Lipinski definition) is 6. The summed E-state index contributed by atoms with van der Waals surface area (Å²) in [6.45, 7) is -2.96. The Kier molecular flexibility index (Phi) is 6.45. The number of nitrogens with zero attached hydrogens (tertiary/aromatic N) is 1. The number of rotatable bonds is 6. The smallest absolute Gasteiger partial charge is 0.387 e. The lowest BCUT2D eigenvalue weighted by Crippen LogP contribution is -2.47. The molecule has 2 N–H and O–H groups in total. The number of carbonyl (C=O) groups is 2. The van der Waals surface area contributed by atoms with Gasteiger partial charge in [0.15, 0.2) is 11.5 Å². The van der Waals surface area contributed by atoms with Crippen LogP contribution in [0, 0.1) is 0 Å². The van der Waals surface area contributed by atoms with Gasteiger partial charge in [0, 0.05) is 11.1 Å². The molecule has 8 nitrogen and oxygen atoms in total. The first kappa shape index (κ1) is 21.0. The molecule has 1 heterocycles. The summed E-state index contributed by atoms with van der Waals surface area (Å²) < 4.78 is 39.4. The van der Waals surface area contributed by atoms with Crippen LogP contribution in [0.25, 0.3) is 0 Å². The average molecular weight is 419 g/mol. The molecule has 0 aliphatic carbocycles. The molecule has 0 spiro atoms. The molecular formula is C20H19F2N3O5. The number of para-hydroxylation sites is 1. The molecule has 1 unspecified atom stereocenters. The quantitative estimate of drug-likeness (QED) is 0.750. The summed E-state index contributed by atoms with van der Waals surface area (Å²) in [6, 6.07) is 9.76. The van der Waals surface area contributed by atoms with E-state index >= 15 is 0 Å². The number of methoxy groups -OCH3 is 2. The number of carbonyl (C=O) groups excluding carboxylic acids is 2. The molecule has 0 saturated carbocycles. The first-order valence-corrected chi connectivity index (χ1v) is 8.86. The van der Waals surface area contributed by atoms with Gasteiger partial charge in [0.2, 0.25) is 11.9 Å². The molecule has 0 aromatic heterocycles. The Morgan fingerprint density at radius 1 is 1.17 bits per heavy atom. The maximum atomic E-state index is 12.4. The lowest BCUT2D eigenvalue weighted by Gasteiger charge is -2.23. The largest absolute Gasteiger partial charge is 0.493 e. The summed E-state index contributed by atoms with van der Waals surface area (Å²) in [7, 11) is 2.99. The van der Waals surface area contributed by atoms with Crippen molar-refractivity contribution in [3.63, 3.8) is 0 Å². The van der Waals surface area contributed by atoms with Gasteiger partial charge in [-0.3, -0.25) is 20.2 Å². The minimum absolute atomic E-state index is 0.0287. The van der Waals surface area contributed by atoms with E-state index in [-0.39, 0.29) is 29.6 Å². The van der Waals surface area contributed by atoms with Gasteiger partial charge >= 0.3 is 6.61 Å². The molecule has 0 bridgehead atoms. The van der Waals surface area contributed by atoms with E-state index in [9.17, 15) is 18.4 Å². The maximum Gasteiger partial charge on any atom is 0.387 e. The van der Waals surface area contributed by atoms with E-state index in [1.807, 2.05) is 0 Å². The highest BCUT2D eigenvalue weighted by atomic mass is 19.3. The third-order valence-corrected chi connectivity index (χ3v) is 4.29. The van der Waals surface area contributed by atoms with Gasteiger partial charge in [-0.2, -0.15) is 8.78 Å². The fraction of sp³-hybridized carbons (Fsp3) is 0.250. The molecule has 30 heavy (non-hydrogen) atoms. The second-order valence-corrected chi connectivity index (χ2v) is 6.19. The summed E-state index contributed by atoms with van der Waals surface area (Å²) in [5, 5.41) is 5.01. The molecule has 0 saturated heterocycles. The molecule has 2 aromatic carbocycles. The van der Waals surface area contributed by atoms with Crippen LogP contribution in [-0.2, 0) is 4.79 Å². The van der Waals surface area contributed by atoms with Gasteiger partial charge in [-0.05, 0) is 30.3 Å². The fourth-order valence-electron chi connectivity index (χ4n) is 2.98. The Hall–Kier alpha value is -3.69. The maximum absolute atomic E-state index is 12.4. The van der Waals surface area contributed by atoms with Gasteiger partial charge < -0.3 is 14.2 Å². The van der Waals surface area contributed by atoms with E-state index in [2.05, 4.69) is 20.4 Å². The molecule has 2 amide bonds. The molecule has 10 heteroatoms. The number of halogens is 2. The predicted octanol–water partition coefficient (Wildman–Crippen LogP) is 2.65. The summed E-state index contributed by atoms with van der Waals surface area (Å²) in [5.41, 5.74) is 0.807. The SMILES string of the molecule is COc1cccc(C2CC(=O)NC(NC(=O)c3ccc(OC(F)F)cc3)=N2)c1OC. The summed E-state index contributed by atoms with van der Waals surface area (Å²) in [6.07, 6.45) is 0.0581. The van der Waals surface area contributed by atoms with Crippen LogP contribution < -0.4 is 24.8 Å². The summed E-state index contributed by atoms with van der Waals surface area (Å²) in [5.74, 6) is -0.0718. The summed E-state index contributed by atoms with van der Waals surface area (Å²) >= 11 is 0. The first-order chi connectivity index (χ1) is 14.4. The number of alkyl halides is 2. The zero-order chi connectivity index (χ0) is 21.7. The Bertz CT molecular complexity index is 963. The lowest BCUT2D eigenvalue weighted by atomic mass is 10.0. The van der Waals surface area contributed by atoms with Crippen molar-refractivity contribution in [2.75, 3.05) is 14.2 Å². The van der Waals surface area contributed by atoms with Crippen LogP contribution in [0.5, 0.6) is 17.2 Å². The van der Waals surface area contributed by atoms with E-state index < -0.39 is 18.6 Å². The normalized spacial score (nSPS) is 15.8. The number of hydrogen-bond donors (Lipinski definition) is 2. The number of benzene rings is 2.